The number of hydrogen-bond donors (Lipinski definition) is 1. The van der Waals surface area contributed by atoms with Gasteiger partial charge in [-0.3, -0.25) is 4.90 Å². The van der Waals surface area contributed by atoms with Gasteiger partial charge < -0.3 is 10.2 Å². The number of likely N-dealkylation sites (N-methyl/N-ethyl adjacent to an activating group) is 1. The van der Waals surface area contributed by atoms with Crippen LogP contribution in [0.5, 0.6) is 0 Å². The molecule has 0 aliphatic carbocycles. The van der Waals surface area contributed by atoms with E-state index in [2.05, 4.69) is 56.9 Å². The van der Waals surface area contributed by atoms with E-state index in [4.69, 9.17) is 0 Å². The molecule has 1 heterocycles. The topological polar surface area (TPSA) is 18.5 Å². The Balaban J connectivity index is 2.68. The van der Waals surface area contributed by atoms with Crippen molar-refractivity contribution in [2.45, 2.75) is 38.8 Å². The lowest BCUT2D eigenvalue weighted by molar-refractivity contribution is -0.0164. The smallest absolute Gasteiger partial charge is 0.0284 e. The molecule has 0 radical (unpaired) electrons. The number of piperazine rings is 1. The van der Waals surface area contributed by atoms with Crippen molar-refractivity contribution in [1.29, 1.82) is 0 Å². The molecule has 0 spiro atoms. The molecule has 1 aliphatic rings. The van der Waals surface area contributed by atoms with Crippen LogP contribution in [0.1, 0.15) is 27.7 Å². The van der Waals surface area contributed by atoms with Crippen molar-refractivity contribution in [1.82, 2.24) is 15.1 Å². The average molecular weight is 213 g/mol. The molecule has 1 aliphatic heterocycles. The third-order valence-corrected chi connectivity index (χ3v) is 3.35. The van der Waals surface area contributed by atoms with Crippen LogP contribution >= 0.6 is 0 Å². The first-order valence-electron chi connectivity index (χ1n) is 5.89. The normalized spacial score (nSPS) is 25.8. The van der Waals surface area contributed by atoms with Crippen molar-refractivity contribution in [3.05, 3.63) is 0 Å². The van der Waals surface area contributed by atoms with Gasteiger partial charge in [-0.2, -0.15) is 0 Å². The summed E-state index contributed by atoms with van der Waals surface area (Å²) in [4.78, 5) is 4.89. The standard InChI is InChI=1S/C12H27N3/c1-11(2)9-13-10-12(3,4)15(11)8-7-14(5)6/h13H,7-10H2,1-6H3. The van der Waals surface area contributed by atoms with Gasteiger partial charge in [0, 0.05) is 37.3 Å². The minimum Gasteiger partial charge on any atom is -0.313 e. The molecule has 1 rings (SSSR count). The molecule has 0 bridgehead atoms. The van der Waals surface area contributed by atoms with E-state index in [-0.39, 0.29) is 11.1 Å². The van der Waals surface area contributed by atoms with Gasteiger partial charge in [-0.05, 0) is 41.8 Å². The van der Waals surface area contributed by atoms with Gasteiger partial charge in [0.1, 0.15) is 0 Å². The van der Waals surface area contributed by atoms with Crippen LogP contribution in [0.25, 0.3) is 0 Å². The fourth-order valence-electron chi connectivity index (χ4n) is 2.59. The molecule has 0 aromatic rings. The molecule has 1 saturated heterocycles. The van der Waals surface area contributed by atoms with Crippen LogP contribution in [-0.2, 0) is 0 Å². The Kier molecular flexibility index (Phi) is 3.80. The molecule has 1 fully saturated rings. The number of rotatable bonds is 3. The third kappa shape index (κ3) is 3.16. The number of nitrogens with zero attached hydrogens (tertiary/aromatic N) is 2. The van der Waals surface area contributed by atoms with Gasteiger partial charge in [0.25, 0.3) is 0 Å². The molecule has 1 N–H and O–H groups in total. The lowest BCUT2D eigenvalue weighted by Crippen LogP contribution is -2.68. The summed E-state index contributed by atoms with van der Waals surface area (Å²) >= 11 is 0. The zero-order chi connectivity index (χ0) is 11.7. The van der Waals surface area contributed by atoms with Crippen LogP contribution < -0.4 is 5.32 Å². The van der Waals surface area contributed by atoms with Crippen molar-refractivity contribution in [2.75, 3.05) is 40.3 Å². The highest BCUT2D eigenvalue weighted by molar-refractivity contribution is 4.99. The minimum atomic E-state index is 0.262. The zero-order valence-electron chi connectivity index (χ0n) is 11.2. The molecule has 0 aromatic carbocycles. The quantitative estimate of drug-likeness (QED) is 0.755. The maximum Gasteiger partial charge on any atom is 0.0284 e. The highest BCUT2D eigenvalue weighted by Crippen LogP contribution is 2.27. The second-order valence-corrected chi connectivity index (χ2v) is 6.18. The molecule has 3 nitrogen and oxygen atoms in total. The molecule has 0 unspecified atom stereocenters. The van der Waals surface area contributed by atoms with E-state index in [9.17, 15) is 0 Å². The Bertz CT molecular complexity index is 193. The molecule has 0 aromatic heterocycles. The van der Waals surface area contributed by atoms with Crippen molar-refractivity contribution >= 4 is 0 Å². The maximum absolute atomic E-state index is 3.53. The highest BCUT2D eigenvalue weighted by atomic mass is 15.3. The van der Waals surface area contributed by atoms with E-state index in [0.29, 0.717) is 0 Å². The Morgan fingerprint density at radius 3 is 1.93 bits per heavy atom. The molecule has 90 valence electrons. The molecule has 0 amide bonds. The Labute approximate surface area is 94.8 Å². The van der Waals surface area contributed by atoms with Gasteiger partial charge >= 0.3 is 0 Å². The SMILES string of the molecule is CN(C)CCN1C(C)(C)CNCC1(C)C. The van der Waals surface area contributed by atoms with E-state index in [1.807, 2.05) is 0 Å². The first-order chi connectivity index (χ1) is 6.76. The molecule has 0 atom stereocenters. The molecule has 15 heavy (non-hydrogen) atoms. The number of nitrogens with one attached hydrogen (secondary N) is 1. The summed E-state index contributed by atoms with van der Waals surface area (Å²) in [5.41, 5.74) is 0.523. The summed E-state index contributed by atoms with van der Waals surface area (Å²) in [6.45, 7) is 13.8. The molecular formula is C12H27N3. The fourth-order valence-corrected chi connectivity index (χ4v) is 2.59. The van der Waals surface area contributed by atoms with Gasteiger partial charge in [0.15, 0.2) is 0 Å². The van der Waals surface area contributed by atoms with Crippen molar-refractivity contribution < 1.29 is 0 Å². The van der Waals surface area contributed by atoms with Crippen molar-refractivity contribution in [3.8, 4) is 0 Å². The predicted molar refractivity (Wildman–Crippen MR) is 66.3 cm³/mol. The van der Waals surface area contributed by atoms with Crippen molar-refractivity contribution in [3.63, 3.8) is 0 Å². The number of hydrogen-bond acceptors (Lipinski definition) is 3. The second-order valence-electron chi connectivity index (χ2n) is 6.18. The average Bonchev–Trinajstić information content (AvgIpc) is 1.99. The summed E-state index contributed by atoms with van der Waals surface area (Å²) < 4.78 is 0. The summed E-state index contributed by atoms with van der Waals surface area (Å²) in [7, 11) is 4.28. The van der Waals surface area contributed by atoms with Gasteiger partial charge in [0.2, 0.25) is 0 Å². The van der Waals surface area contributed by atoms with E-state index < -0.39 is 0 Å². The van der Waals surface area contributed by atoms with E-state index in [1.54, 1.807) is 0 Å². The highest BCUT2D eigenvalue weighted by Gasteiger charge is 2.40. The Morgan fingerprint density at radius 2 is 1.53 bits per heavy atom. The van der Waals surface area contributed by atoms with Crippen LogP contribution in [0.3, 0.4) is 0 Å². The van der Waals surface area contributed by atoms with Crippen LogP contribution in [0, 0.1) is 0 Å². The summed E-state index contributed by atoms with van der Waals surface area (Å²) in [6.07, 6.45) is 0. The maximum atomic E-state index is 3.53. The fraction of sp³-hybridized carbons (Fsp3) is 1.00. The van der Waals surface area contributed by atoms with E-state index >= 15 is 0 Å². The Hall–Kier alpha value is -0.120. The lowest BCUT2D eigenvalue weighted by Gasteiger charge is -2.53. The van der Waals surface area contributed by atoms with Crippen LogP contribution in [0.4, 0.5) is 0 Å². The van der Waals surface area contributed by atoms with Gasteiger partial charge in [-0.25, -0.2) is 0 Å². The Morgan fingerprint density at radius 1 is 1.07 bits per heavy atom. The van der Waals surface area contributed by atoms with Crippen molar-refractivity contribution in [2.24, 2.45) is 0 Å². The second kappa shape index (κ2) is 4.40. The van der Waals surface area contributed by atoms with Crippen LogP contribution in [-0.4, -0.2) is 61.2 Å². The van der Waals surface area contributed by atoms with E-state index in [1.165, 1.54) is 0 Å². The predicted octanol–water partition coefficient (Wildman–Crippen LogP) is 1.01. The molecular weight excluding hydrogens is 186 g/mol. The zero-order valence-corrected chi connectivity index (χ0v) is 11.2. The monoisotopic (exact) mass is 213 g/mol. The molecule has 0 saturated carbocycles. The lowest BCUT2D eigenvalue weighted by atomic mass is 9.89. The molecule has 3 heteroatoms. The largest absolute Gasteiger partial charge is 0.313 e. The van der Waals surface area contributed by atoms with Gasteiger partial charge in [-0.15, -0.1) is 0 Å². The first-order valence-corrected chi connectivity index (χ1v) is 5.89. The third-order valence-electron chi connectivity index (χ3n) is 3.35. The van der Waals surface area contributed by atoms with Crippen LogP contribution in [0.15, 0.2) is 0 Å². The van der Waals surface area contributed by atoms with E-state index in [0.717, 1.165) is 26.2 Å². The van der Waals surface area contributed by atoms with Gasteiger partial charge in [0.05, 0.1) is 0 Å². The summed E-state index contributed by atoms with van der Waals surface area (Å²) in [6, 6.07) is 0. The summed E-state index contributed by atoms with van der Waals surface area (Å²) in [5.74, 6) is 0. The first kappa shape index (κ1) is 12.9. The summed E-state index contributed by atoms with van der Waals surface area (Å²) in [5, 5.41) is 3.53. The minimum absolute atomic E-state index is 0.262. The van der Waals surface area contributed by atoms with Gasteiger partial charge in [-0.1, -0.05) is 0 Å². The van der Waals surface area contributed by atoms with Crippen LogP contribution in [0.2, 0.25) is 0 Å².